The molecule has 2 nitrogen and oxygen atoms in total. The summed E-state index contributed by atoms with van der Waals surface area (Å²) in [5.74, 6) is 2.47. The second-order valence-electron chi connectivity index (χ2n) is 6.48. The largest absolute Gasteiger partial charge is 0.388 e. The Hall–Kier alpha value is -0.790. The summed E-state index contributed by atoms with van der Waals surface area (Å²) in [7, 11) is 0. The maximum absolute atomic E-state index is 10.9. The van der Waals surface area contributed by atoms with Crippen LogP contribution in [0.25, 0.3) is 0 Å². The van der Waals surface area contributed by atoms with Crippen LogP contribution < -0.4 is 5.32 Å². The zero-order valence-corrected chi connectivity index (χ0v) is 12.1. The smallest absolute Gasteiger partial charge is 0.154 e. The molecule has 1 rings (SSSR count). The van der Waals surface area contributed by atoms with Crippen molar-refractivity contribution in [1.29, 1.82) is 0 Å². The third kappa shape index (κ3) is 3.86. The number of hydrogen-bond acceptors (Lipinski definition) is 2. The molecule has 1 aliphatic rings. The molecule has 2 atom stereocenters. The summed E-state index contributed by atoms with van der Waals surface area (Å²) >= 11 is 0. The molecule has 2 heteroatoms. The second-order valence-corrected chi connectivity index (χ2v) is 6.48. The van der Waals surface area contributed by atoms with Crippen LogP contribution >= 0.6 is 0 Å². The van der Waals surface area contributed by atoms with Gasteiger partial charge in [0.2, 0.25) is 0 Å². The highest BCUT2D eigenvalue weighted by atomic mass is 16.1. The number of hydrogen-bond donors (Lipinski definition) is 1. The normalized spacial score (nSPS) is 27.1. The first-order valence-electron chi connectivity index (χ1n) is 6.68. The van der Waals surface area contributed by atoms with Crippen LogP contribution in [0, 0.1) is 23.2 Å². The van der Waals surface area contributed by atoms with Crippen LogP contribution in [0.2, 0.25) is 0 Å². The summed E-state index contributed by atoms with van der Waals surface area (Å²) in [5.41, 5.74) is 1.46. The molecular formula is C15H27NO. The van der Waals surface area contributed by atoms with E-state index in [1.807, 2.05) is 6.92 Å². The van der Waals surface area contributed by atoms with Crippen LogP contribution in [0.4, 0.5) is 0 Å². The Balaban J connectivity index is 2.41. The molecule has 0 aromatic heterocycles. The van der Waals surface area contributed by atoms with Crippen molar-refractivity contribution in [2.24, 2.45) is 23.2 Å². The van der Waals surface area contributed by atoms with E-state index in [-0.39, 0.29) is 5.78 Å². The topological polar surface area (TPSA) is 29.1 Å². The minimum absolute atomic E-state index is 0.115. The van der Waals surface area contributed by atoms with Gasteiger partial charge in [0.15, 0.2) is 5.78 Å². The maximum Gasteiger partial charge on any atom is 0.154 e. The number of carbonyl (C=O) groups is 1. The van der Waals surface area contributed by atoms with Gasteiger partial charge in [-0.15, -0.1) is 0 Å². The summed E-state index contributed by atoms with van der Waals surface area (Å²) in [6.45, 7) is 13.9. The number of carbonyl (C=O) groups excluding carboxylic acids is 1. The molecule has 0 unspecified atom stereocenters. The highest BCUT2D eigenvalue weighted by Crippen LogP contribution is 2.60. The van der Waals surface area contributed by atoms with E-state index in [2.05, 4.69) is 33.0 Å². The van der Waals surface area contributed by atoms with Crippen molar-refractivity contribution >= 4 is 5.78 Å². The number of rotatable bonds is 6. The summed E-state index contributed by atoms with van der Waals surface area (Å²) in [6, 6.07) is 0. The van der Waals surface area contributed by atoms with E-state index >= 15 is 0 Å². The fourth-order valence-electron chi connectivity index (χ4n) is 2.87. The second kappa shape index (κ2) is 5.24. The highest BCUT2D eigenvalue weighted by molar-refractivity contribution is 5.87. The molecule has 0 radical (unpaired) electrons. The van der Waals surface area contributed by atoms with Crippen molar-refractivity contribution in [1.82, 2.24) is 5.32 Å². The van der Waals surface area contributed by atoms with Gasteiger partial charge in [0, 0.05) is 12.2 Å². The molecule has 0 heterocycles. The predicted molar refractivity (Wildman–Crippen MR) is 72.7 cm³/mol. The first kappa shape index (κ1) is 14.3. The molecule has 0 amide bonds. The maximum atomic E-state index is 10.9. The van der Waals surface area contributed by atoms with E-state index in [9.17, 15) is 4.79 Å². The van der Waals surface area contributed by atoms with Crippen LogP contribution in [-0.2, 0) is 4.79 Å². The van der Waals surface area contributed by atoms with Gasteiger partial charge in [0.1, 0.15) is 0 Å². The Morgan fingerprint density at radius 2 is 1.88 bits per heavy atom. The molecule has 1 aliphatic carbocycles. The third-order valence-corrected chi connectivity index (χ3v) is 4.03. The van der Waals surface area contributed by atoms with E-state index < -0.39 is 0 Å². The average Bonchev–Trinajstić information content (AvgIpc) is 2.62. The minimum atomic E-state index is 0.115. The minimum Gasteiger partial charge on any atom is -0.388 e. The Bertz CT molecular complexity index is 315. The van der Waals surface area contributed by atoms with Crippen molar-refractivity contribution in [3.8, 4) is 0 Å². The molecule has 0 aromatic rings. The van der Waals surface area contributed by atoms with Gasteiger partial charge in [-0.25, -0.2) is 0 Å². The lowest BCUT2D eigenvalue weighted by molar-refractivity contribution is -0.112. The lowest BCUT2D eigenvalue weighted by Gasteiger charge is -2.07. The van der Waals surface area contributed by atoms with Gasteiger partial charge < -0.3 is 5.32 Å². The molecule has 1 N–H and O–H groups in total. The lowest BCUT2D eigenvalue weighted by atomic mass is 10.0. The van der Waals surface area contributed by atoms with Crippen molar-refractivity contribution in [2.75, 3.05) is 6.54 Å². The SMILES string of the molecule is CC(=O)C=C(C)NC[C@@H]1[C@H](CC(C)C)C1(C)C. The van der Waals surface area contributed by atoms with Crippen LogP contribution in [-0.4, -0.2) is 12.3 Å². The Labute approximate surface area is 106 Å². The average molecular weight is 237 g/mol. The summed E-state index contributed by atoms with van der Waals surface area (Å²) in [4.78, 5) is 10.9. The highest BCUT2D eigenvalue weighted by Gasteiger charge is 2.56. The number of nitrogens with one attached hydrogen (secondary N) is 1. The van der Waals surface area contributed by atoms with E-state index in [4.69, 9.17) is 0 Å². The van der Waals surface area contributed by atoms with Gasteiger partial charge in [0.05, 0.1) is 0 Å². The van der Waals surface area contributed by atoms with Crippen molar-refractivity contribution in [3.05, 3.63) is 11.8 Å². The quantitative estimate of drug-likeness (QED) is 0.717. The molecule has 98 valence electrons. The Morgan fingerprint density at radius 1 is 1.29 bits per heavy atom. The standard InChI is InChI=1S/C15H27NO/c1-10(2)7-13-14(15(13,5)6)9-16-11(3)8-12(4)17/h8,10,13-14,16H,7,9H2,1-6H3/t13-,14+/m0/s1. The Morgan fingerprint density at radius 3 is 2.35 bits per heavy atom. The summed E-state index contributed by atoms with van der Waals surface area (Å²) in [5, 5.41) is 3.38. The first-order chi connectivity index (χ1) is 7.75. The van der Waals surface area contributed by atoms with Gasteiger partial charge in [-0.1, -0.05) is 27.7 Å². The lowest BCUT2D eigenvalue weighted by Crippen LogP contribution is -2.17. The van der Waals surface area contributed by atoms with Crippen LogP contribution in [0.5, 0.6) is 0 Å². The third-order valence-electron chi connectivity index (χ3n) is 4.03. The molecule has 0 aromatic carbocycles. The molecule has 1 fully saturated rings. The van der Waals surface area contributed by atoms with Gasteiger partial charge >= 0.3 is 0 Å². The molecule has 0 spiro atoms. The molecule has 0 saturated heterocycles. The fourth-order valence-corrected chi connectivity index (χ4v) is 2.87. The fraction of sp³-hybridized carbons (Fsp3) is 0.800. The van der Waals surface area contributed by atoms with Gasteiger partial charge in [-0.2, -0.15) is 0 Å². The number of allylic oxidation sites excluding steroid dienone is 2. The van der Waals surface area contributed by atoms with Crippen molar-refractivity contribution in [2.45, 2.75) is 48.0 Å². The van der Waals surface area contributed by atoms with Crippen LogP contribution in [0.3, 0.4) is 0 Å². The van der Waals surface area contributed by atoms with E-state index in [0.29, 0.717) is 5.41 Å². The van der Waals surface area contributed by atoms with E-state index in [0.717, 1.165) is 30.0 Å². The van der Waals surface area contributed by atoms with E-state index in [1.54, 1.807) is 13.0 Å². The van der Waals surface area contributed by atoms with Gasteiger partial charge in [-0.05, 0) is 49.5 Å². The zero-order chi connectivity index (χ0) is 13.2. The van der Waals surface area contributed by atoms with Crippen molar-refractivity contribution in [3.63, 3.8) is 0 Å². The van der Waals surface area contributed by atoms with Crippen LogP contribution in [0.15, 0.2) is 11.8 Å². The predicted octanol–water partition coefficient (Wildman–Crippen LogP) is 3.39. The Kier molecular flexibility index (Phi) is 4.40. The zero-order valence-electron chi connectivity index (χ0n) is 12.1. The molecule has 1 saturated carbocycles. The van der Waals surface area contributed by atoms with Gasteiger partial charge in [-0.3, -0.25) is 4.79 Å². The molecule has 17 heavy (non-hydrogen) atoms. The summed E-state index contributed by atoms with van der Waals surface area (Å²) < 4.78 is 0. The number of ketones is 1. The molecule has 0 bridgehead atoms. The molecular weight excluding hydrogens is 210 g/mol. The van der Waals surface area contributed by atoms with Crippen LogP contribution in [0.1, 0.15) is 48.0 Å². The van der Waals surface area contributed by atoms with Gasteiger partial charge in [0.25, 0.3) is 0 Å². The van der Waals surface area contributed by atoms with E-state index in [1.165, 1.54) is 6.42 Å². The first-order valence-corrected chi connectivity index (χ1v) is 6.68. The summed E-state index contributed by atoms with van der Waals surface area (Å²) in [6.07, 6.45) is 2.99. The van der Waals surface area contributed by atoms with Crippen molar-refractivity contribution < 1.29 is 4.79 Å². The monoisotopic (exact) mass is 237 g/mol. The molecule has 0 aliphatic heterocycles.